The van der Waals surface area contributed by atoms with Crippen LogP contribution in [0.3, 0.4) is 0 Å². The lowest BCUT2D eigenvalue weighted by Gasteiger charge is -2.12. The first-order chi connectivity index (χ1) is 7.54. The highest BCUT2D eigenvalue weighted by Crippen LogP contribution is 2.20. The van der Waals surface area contributed by atoms with Gasteiger partial charge in [-0.05, 0) is 37.5 Å². The lowest BCUT2D eigenvalue weighted by Crippen LogP contribution is -2.15. The van der Waals surface area contributed by atoms with Gasteiger partial charge in [0.25, 0.3) is 0 Å². The molecule has 1 nitrogen and oxygen atoms in total. The number of alkyl halides is 1. The smallest absolute Gasteiger partial charge is 0.133 e. The Morgan fingerprint density at radius 3 is 2.69 bits per heavy atom. The molecule has 0 N–H and O–H groups in total. The van der Waals surface area contributed by atoms with Crippen molar-refractivity contribution in [2.24, 2.45) is 5.92 Å². The molecule has 0 bridgehead atoms. The first kappa shape index (κ1) is 13.5. The van der Waals surface area contributed by atoms with Gasteiger partial charge >= 0.3 is 0 Å². The largest absolute Gasteiger partial charge is 0.300 e. The van der Waals surface area contributed by atoms with Gasteiger partial charge in [0.2, 0.25) is 0 Å². The van der Waals surface area contributed by atoms with Crippen LogP contribution >= 0.6 is 23.2 Å². The Hall–Kier alpha value is -0.600. The number of rotatable bonds is 5. The standard InChI is InChI=1S/C12H13Cl2FO/c1-8(16)9(4-5-13)6-10-2-3-11(14)7-12(10)15/h2-3,7,9H,4-6H2,1H3. The number of Topliss-reactive ketones (excluding diaryl/α,β-unsaturated/α-hetero) is 1. The minimum absolute atomic E-state index is 0.0370. The van der Waals surface area contributed by atoms with Crippen LogP contribution in [-0.4, -0.2) is 11.7 Å². The molecule has 0 aliphatic heterocycles. The highest BCUT2D eigenvalue weighted by Gasteiger charge is 2.16. The second-order valence-electron chi connectivity index (χ2n) is 3.73. The molecular formula is C12H13Cl2FO. The summed E-state index contributed by atoms with van der Waals surface area (Å²) in [6.45, 7) is 1.50. The lowest BCUT2D eigenvalue weighted by molar-refractivity contribution is -0.120. The van der Waals surface area contributed by atoms with Crippen LogP contribution in [0.5, 0.6) is 0 Å². The van der Waals surface area contributed by atoms with Crippen molar-refractivity contribution >= 4 is 29.0 Å². The molecule has 0 aliphatic rings. The molecular weight excluding hydrogens is 250 g/mol. The summed E-state index contributed by atoms with van der Waals surface area (Å²) in [6.07, 6.45) is 0.948. The van der Waals surface area contributed by atoms with Crippen molar-refractivity contribution in [1.82, 2.24) is 0 Å². The molecule has 0 heterocycles. The molecule has 1 aromatic carbocycles. The second-order valence-corrected chi connectivity index (χ2v) is 4.54. The van der Waals surface area contributed by atoms with Gasteiger partial charge in [0.1, 0.15) is 11.6 Å². The molecule has 1 atom stereocenters. The molecule has 0 saturated carbocycles. The Bertz CT molecular complexity index is 379. The van der Waals surface area contributed by atoms with E-state index in [2.05, 4.69) is 0 Å². The quantitative estimate of drug-likeness (QED) is 0.737. The Labute approximate surface area is 105 Å². The van der Waals surface area contributed by atoms with Crippen LogP contribution in [0.1, 0.15) is 18.9 Å². The fourth-order valence-corrected chi connectivity index (χ4v) is 1.96. The summed E-state index contributed by atoms with van der Waals surface area (Å²) in [7, 11) is 0. The summed E-state index contributed by atoms with van der Waals surface area (Å²) in [4.78, 5) is 11.3. The predicted molar refractivity (Wildman–Crippen MR) is 64.6 cm³/mol. The van der Waals surface area contributed by atoms with Crippen molar-refractivity contribution in [2.75, 3.05) is 5.88 Å². The Balaban J connectivity index is 2.81. The predicted octanol–water partition coefficient (Wildman–Crippen LogP) is 3.86. The maximum atomic E-state index is 13.5. The molecule has 1 unspecified atom stereocenters. The summed E-state index contributed by atoms with van der Waals surface area (Å²) >= 11 is 11.3. The first-order valence-corrected chi connectivity index (χ1v) is 5.96. The second kappa shape index (κ2) is 6.21. The number of hydrogen-bond donors (Lipinski definition) is 0. The molecule has 0 spiro atoms. The molecule has 1 rings (SSSR count). The third-order valence-electron chi connectivity index (χ3n) is 2.51. The van der Waals surface area contributed by atoms with Gasteiger partial charge in [0.05, 0.1) is 0 Å². The summed E-state index contributed by atoms with van der Waals surface area (Å²) < 4.78 is 13.5. The van der Waals surface area contributed by atoms with E-state index in [4.69, 9.17) is 23.2 Å². The first-order valence-electron chi connectivity index (χ1n) is 5.05. The van der Waals surface area contributed by atoms with Crippen LogP contribution in [0.4, 0.5) is 4.39 Å². The van der Waals surface area contributed by atoms with Crippen molar-refractivity contribution in [3.05, 3.63) is 34.6 Å². The van der Waals surface area contributed by atoms with Crippen molar-refractivity contribution in [1.29, 1.82) is 0 Å². The van der Waals surface area contributed by atoms with Gasteiger partial charge in [-0.15, -0.1) is 11.6 Å². The van der Waals surface area contributed by atoms with Crippen molar-refractivity contribution in [3.63, 3.8) is 0 Å². The normalized spacial score (nSPS) is 12.5. The van der Waals surface area contributed by atoms with Crippen LogP contribution in [0.25, 0.3) is 0 Å². The zero-order chi connectivity index (χ0) is 12.1. The maximum absolute atomic E-state index is 13.5. The highest BCUT2D eigenvalue weighted by molar-refractivity contribution is 6.30. The van der Waals surface area contributed by atoms with E-state index >= 15 is 0 Å². The number of ketones is 1. The fourth-order valence-electron chi connectivity index (χ4n) is 1.53. The van der Waals surface area contributed by atoms with E-state index < -0.39 is 0 Å². The molecule has 0 aromatic heterocycles. The van der Waals surface area contributed by atoms with Crippen LogP contribution in [0.15, 0.2) is 18.2 Å². The van der Waals surface area contributed by atoms with E-state index in [0.717, 1.165) is 0 Å². The molecule has 0 fully saturated rings. The Morgan fingerprint density at radius 1 is 1.50 bits per heavy atom. The van der Waals surface area contributed by atoms with Gasteiger partial charge in [-0.1, -0.05) is 17.7 Å². The molecule has 0 aliphatic carbocycles. The van der Waals surface area contributed by atoms with Gasteiger partial charge in [0.15, 0.2) is 0 Å². The van der Waals surface area contributed by atoms with Gasteiger partial charge in [-0.2, -0.15) is 0 Å². The summed E-state index contributed by atoms with van der Waals surface area (Å²) in [5, 5.41) is 0.359. The van der Waals surface area contributed by atoms with Crippen molar-refractivity contribution in [2.45, 2.75) is 19.8 Å². The molecule has 0 amide bonds. The number of carbonyl (C=O) groups is 1. The van der Waals surface area contributed by atoms with Gasteiger partial charge in [0, 0.05) is 16.8 Å². The van der Waals surface area contributed by atoms with E-state index in [-0.39, 0.29) is 17.5 Å². The van der Waals surface area contributed by atoms with E-state index in [1.54, 1.807) is 12.1 Å². The van der Waals surface area contributed by atoms with E-state index in [0.29, 0.717) is 29.3 Å². The summed E-state index contributed by atoms with van der Waals surface area (Å²) in [5.74, 6) is -0.143. The molecule has 4 heteroatoms. The van der Waals surface area contributed by atoms with E-state index in [1.165, 1.54) is 13.0 Å². The van der Waals surface area contributed by atoms with Crippen LogP contribution in [0.2, 0.25) is 5.02 Å². The molecule has 0 saturated heterocycles. The topological polar surface area (TPSA) is 17.1 Å². The van der Waals surface area contributed by atoms with Gasteiger partial charge < -0.3 is 0 Å². The zero-order valence-electron chi connectivity index (χ0n) is 8.97. The summed E-state index contributed by atoms with van der Waals surface area (Å²) in [5.41, 5.74) is 0.509. The minimum Gasteiger partial charge on any atom is -0.300 e. The highest BCUT2D eigenvalue weighted by atomic mass is 35.5. The third kappa shape index (κ3) is 3.76. The average Bonchev–Trinajstić information content (AvgIpc) is 2.20. The Morgan fingerprint density at radius 2 is 2.19 bits per heavy atom. The Kier molecular flexibility index (Phi) is 5.23. The SMILES string of the molecule is CC(=O)C(CCCl)Cc1ccc(Cl)cc1F. The third-order valence-corrected chi connectivity index (χ3v) is 2.97. The van der Waals surface area contributed by atoms with Crippen molar-refractivity contribution in [3.8, 4) is 0 Å². The number of halogens is 3. The van der Waals surface area contributed by atoms with Gasteiger partial charge in [-0.3, -0.25) is 4.79 Å². The monoisotopic (exact) mass is 262 g/mol. The van der Waals surface area contributed by atoms with Gasteiger partial charge in [-0.25, -0.2) is 4.39 Å². The maximum Gasteiger partial charge on any atom is 0.133 e. The lowest BCUT2D eigenvalue weighted by atomic mass is 9.93. The molecule has 0 radical (unpaired) electrons. The van der Waals surface area contributed by atoms with E-state index in [9.17, 15) is 9.18 Å². The minimum atomic E-state index is -0.367. The molecule has 16 heavy (non-hydrogen) atoms. The number of carbonyl (C=O) groups excluding carboxylic acids is 1. The van der Waals surface area contributed by atoms with Crippen molar-refractivity contribution < 1.29 is 9.18 Å². The fraction of sp³-hybridized carbons (Fsp3) is 0.417. The molecule has 1 aromatic rings. The van der Waals surface area contributed by atoms with Crippen LogP contribution in [-0.2, 0) is 11.2 Å². The van der Waals surface area contributed by atoms with Crippen LogP contribution < -0.4 is 0 Å². The number of hydrogen-bond acceptors (Lipinski definition) is 1. The number of benzene rings is 1. The average molecular weight is 263 g/mol. The zero-order valence-corrected chi connectivity index (χ0v) is 10.5. The molecule has 88 valence electrons. The van der Waals surface area contributed by atoms with Crippen LogP contribution in [0, 0.1) is 11.7 Å². The summed E-state index contributed by atoms with van der Waals surface area (Å²) in [6, 6.07) is 4.49. The van der Waals surface area contributed by atoms with E-state index in [1.807, 2.05) is 0 Å².